The van der Waals surface area contributed by atoms with Gasteiger partial charge < -0.3 is 9.13 Å². The van der Waals surface area contributed by atoms with Crippen LogP contribution in [0.2, 0.25) is 0 Å². The Kier molecular flexibility index (Phi) is 8.83. The first-order chi connectivity index (χ1) is 28.4. The van der Waals surface area contributed by atoms with Crippen molar-refractivity contribution in [3.8, 4) is 46.5 Å². The van der Waals surface area contributed by atoms with E-state index in [9.17, 15) is 21.0 Å². The second kappa shape index (κ2) is 14.2. The molecule has 0 aromatic heterocycles. The highest BCUT2D eigenvalue weighted by atomic mass is 31.2. The monoisotopic (exact) mass is 778 g/mol. The number of allylic oxidation sites excluding steroid dienone is 2. The molecule has 0 aliphatic heterocycles. The van der Waals surface area contributed by atoms with Gasteiger partial charge in [0.15, 0.2) is 14.3 Å². The molecule has 6 nitrogen and oxygen atoms in total. The lowest BCUT2D eigenvalue weighted by atomic mass is 9.93. The van der Waals surface area contributed by atoms with E-state index in [4.69, 9.17) is 0 Å². The van der Waals surface area contributed by atoms with Gasteiger partial charge in [0.25, 0.3) is 0 Å². The maximum absolute atomic E-state index is 15.5. The molecule has 58 heavy (non-hydrogen) atoms. The summed E-state index contributed by atoms with van der Waals surface area (Å²) in [6.07, 6.45) is 0. The number of nitriles is 4. The van der Waals surface area contributed by atoms with Gasteiger partial charge in [0.2, 0.25) is 0 Å². The van der Waals surface area contributed by atoms with Crippen LogP contribution < -0.4 is 31.8 Å². The van der Waals surface area contributed by atoms with E-state index in [0.29, 0.717) is 87.5 Å². The summed E-state index contributed by atoms with van der Waals surface area (Å²) in [6, 6.07) is 60.6. The summed E-state index contributed by atoms with van der Waals surface area (Å²) < 4.78 is 31.1. The highest BCUT2D eigenvalue weighted by Crippen LogP contribution is 2.55. The summed E-state index contributed by atoms with van der Waals surface area (Å²) in [7, 11) is -6.84. The average molecular weight is 779 g/mol. The smallest absolute Gasteiger partial charge is 0.171 e. The predicted octanol–water partition coefficient (Wildman–Crippen LogP) is 8.62. The number of benzene rings is 7. The molecule has 0 saturated heterocycles. The van der Waals surface area contributed by atoms with Crippen LogP contribution >= 0.6 is 14.3 Å². The molecule has 0 saturated carbocycles. The second-order valence-electron chi connectivity index (χ2n) is 13.9. The van der Waals surface area contributed by atoms with Gasteiger partial charge in [0.1, 0.15) is 35.4 Å². The van der Waals surface area contributed by atoms with Crippen molar-refractivity contribution in [3.63, 3.8) is 0 Å². The first-order valence-corrected chi connectivity index (χ1v) is 21.8. The van der Waals surface area contributed by atoms with Crippen molar-refractivity contribution < 1.29 is 9.13 Å². The molecule has 9 rings (SSSR count). The van der Waals surface area contributed by atoms with Gasteiger partial charge in [-0.1, -0.05) is 146 Å². The molecule has 2 aliphatic rings. The summed E-state index contributed by atoms with van der Waals surface area (Å²) in [5, 5.41) is 44.9. The summed E-state index contributed by atoms with van der Waals surface area (Å²) >= 11 is 0. The first-order valence-electron chi connectivity index (χ1n) is 18.4. The van der Waals surface area contributed by atoms with Crippen LogP contribution in [0.5, 0.6) is 0 Å². The Morgan fingerprint density at radius 2 is 0.586 bits per heavy atom. The van der Waals surface area contributed by atoms with Crippen molar-refractivity contribution >= 4 is 57.3 Å². The van der Waals surface area contributed by atoms with Crippen LogP contribution in [0.1, 0.15) is 22.3 Å². The fraction of sp³-hybridized carbons (Fsp3) is 0. The molecule has 0 heterocycles. The highest BCUT2D eigenvalue weighted by Gasteiger charge is 2.38. The third kappa shape index (κ3) is 5.37. The largest absolute Gasteiger partial charge is 0.309 e. The number of hydrogen-bond acceptors (Lipinski definition) is 6. The van der Waals surface area contributed by atoms with Crippen molar-refractivity contribution in [1.82, 2.24) is 0 Å². The molecule has 0 N–H and O–H groups in total. The summed E-state index contributed by atoms with van der Waals surface area (Å²) in [5.41, 5.74) is 5.84. The van der Waals surface area contributed by atoms with Gasteiger partial charge in [-0.25, -0.2) is 0 Å². The Labute approximate surface area is 335 Å². The van der Waals surface area contributed by atoms with E-state index >= 15 is 9.13 Å². The van der Waals surface area contributed by atoms with Gasteiger partial charge in [0, 0.05) is 43.0 Å². The topological polar surface area (TPSA) is 129 Å². The quantitative estimate of drug-likeness (QED) is 0.123. The lowest BCUT2D eigenvalue weighted by Gasteiger charge is -2.21. The Bertz CT molecular complexity index is 2870. The van der Waals surface area contributed by atoms with Crippen molar-refractivity contribution in [3.05, 3.63) is 203 Å². The maximum Gasteiger partial charge on any atom is 0.171 e. The molecule has 2 aliphatic carbocycles. The minimum Gasteiger partial charge on any atom is -0.309 e. The van der Waals surface area contributed by atoms with Crippen molar-refractivity contribution in [2.75, 3.05) is 0 Å². The molecule has 7 aromatic rings. The molecule has 0 spiro atoms. The molecule has 270 valence electrons. The van der Waals surface area contributed by atoms with E-state index in [0.717, 1.165) is 0 Å². The normalized spacial score (nSPS) is 12.1. The van der Waals surface area contributed by atoms with E-state index in [-0.39, 0.29) is 11.1 Å². The van der Waals surface area contributed by atoms with Gasteiger partial charge in [0.05, 0.1) is 0 Å². The van der Waals surface area contributed by atoms with Crippen LogP contribution in [0, 0.1) is 45.3 Å². The predicted molar refractivity (Wildman–Crippen MR) is 231 cm³/mol. The van der Waals surface area contributed by atoms with E-state index in [1.807, 2.05) is 170 Å². The zero-order valence-electron chi connectivity index (χ0n) is 30.7. The molecule has 0 radical (unpaired) electrons. The SMILES string of the molecule is N#CC(C#N)=C1c2ccc(P(=O)(c3ccccc3)c3ccccc3)cc2-c2cc3c(cc21)C(=C(C#N)C#N)c1ccc(P(=O)(c2ccccc2)c2ccccc2)cc1-3. The zero-order chi connectivity index (χ0) is 40.0. The molecule has 8 heteroatoms. The highest BCUT2D eigenvalue weighted by molar-refractivity contribution is 7.85. The van der Waals surface area contributed by atoms with Crippen LogP contribution in [0.4, 0.5) is 0 Å². The van der Waals surface area contributed by atoms with Crippen molar-refractivity contribution in [2.24, 2.45) is 0 Å². The molecular formula is C50H28N4O2P2. The minimum absolute atomic E-state index is 0.0993. The third-order valence-corrected chi connectivity index (χ3v) is 17.1. The number of nitrogens with zero attached hydrogens (tertiary/aromatic N) is 4. The number of fused-ring (bicyclic) bond motifs is 6. The lowest BCUT2D eigenvalue weighted by Crippen LogP contribution is -2.25. The van der Waals surface area contributed by atoms with E-state index in [1.165, 1.54) is 0 Å². The minimum atomic E-state index is -3.42. The van der Waals surface area contributed by atoms with Gasteiger partial charge >= 0.3 is 0 Å². The van der Waals surface area contributed by atoms with Crippen LogP contribution in [0.25, 0.3) is 33.4 Å². The summed E-state index contributed by atoms with van der Waals surface area (Å²) in [5.74, 6) is 0. The van der Waals surface area contributed by atoms with E-state index < -0.39 is 14.3 Å². The Morgan fingerprint density at radius 3 is 0.879 bits per heavy atom. The molecule has 0 unspecified atom stereocenters. The molecular weight excluding hydrogens is 751 g/mol. The van der Waals surface area contributed by atoms with Crippen LogP contribution in [-0.4, -0.2) is 0 Å². The van der Waals surface area contributed by atoms with Gasteiger partial charge in [-0.2, -0.15) is 21.0 Å². The van der Waals surface area contributed by atoms with E-state index in [2.05, 4.69) is 24.3 Å². The van der Waals surface area contributed by atoms with Crippen molar-refractivity contribution in [2.45, 2.75) is 0 Å². The van der Waals surface area contributed by atoms with E-state index in [1.54, 1.807) is 0 Å². The third-order valence-electron chi connectivity index (χ3n) is 11.0. The van der Waals surface area contributed by atoms with Gasteiger partial charge in [-0.15, -0.1) is 0 Å². The molecule has 0 atom stereocenters. The average Bonchev–Trinajstić information content (AvgIpc) is 3.78. The summed E-state index contributed by atoms with van der Waals surface area (Å²) in [4.78, 5) is 0. The summed E-state index contributed by atoms with van der Waals surface area (Å²) in [6.45, 7) is 0. The Morgan fingerprint density at radius 1 is 0.310 bits per heavy atom. The Hall–Kier alpha value is -7.56. The molecule has 0 amide bonds. The standard InChI is InChI=1S/C50H28N4O2P2/c51-29-33(30-52)49-41-23-21-39(57(55,35-13-5-1-6-14-35)36-15-7-2-8-16-36)25-43(41)45-27-46-44-26-40(22-24-42(44)50(34(31-53)32-54)48(46)28-47(45)49)58(56,37-17-9-3-10-18-37)38-19-11-4-12-20-38/h1-28H. The fourth-order valence-corrected chi connectivity index (χ4v) is 13.7. The van der Waals surface area contributed by atoms with Crippen LogP contribution in [0.15, 0.2) is 181 Å². The fourth-order valence-electron chi connectivity index (χ4n) is 8.35. The number of rotatable bonds is 6. The zero-order valence-corrected chi connectivity index (χ0v) is 32.5. The van der Waals surface area contributed by atoms with Crippen molar-refractivity contribution in [1.29, 1.82) is 21.0 Å². The van der Waals surface area contributed by atoms with Gasteiger partial charge in [-0.3, -0.25) is 0 Å². The van der Waals surface area contributed by atoms with Crippen LogP contribution in [-0.2, 0) is 9.13 Å². The Balaban J connectivity index is 1.34. The molecule has 7 aromatic carbocycles. The number of hydrogen-bond donors (Lipinski definition) is 0. The second-order valence-corrected chi connectivity index (χ2v) is 19.4. The molecule has 0 fully saturated rings. The van der Waals surface area contributed by atoms with Gasteiger partial charge in [-0.05, 0) is 68.8 Å². The van der Waals surface area contributed by atoms with Crippen LogP contribution in [0.3, 0.4) is 0 Å². The first kappa shape index (κ1) is 36.1. The lowest BCUT2D eigenvalue weighted by molar-refractivity contribution is 0.591. The molecule has 0 bridgehead atoms. The maximum atomic E-state index is 15.5.